The van der Waals surface area contributed by atoms with E-state index in [9.17, 15) is 14.7 Å². The number of fused-ring (bicyclic) bond motifs is 2. The van der Waals surface area contributed by atoms with Crippen molar-refractivity contribution in [2.24, 2.45) is 5.92 Å². The van der Waals surface area contributed by atoms with Crippen molar-refractivity contribution in [2.45, 2.75) is 63.2 Å². The highest BCUT2D eigenvalue weighted by Crippen LogP contribution is 2.60. The van der Waals surface area contributed by atoms with Crippen molar-refractivity contribution < 1.29 is 28.3 Å². The molecule has 0 radical (unpaired) electrons. The highest BCUT2D eigenvalue weighted by Gasteiger charge is 2.66. The zero-order chi connectivity index (χ0) is 33.3. The summed E-state index contributed by atoms with van der Waals surface area (Å²) in [6, 6.07) is 22.4. The molecule has 2 aliphatic rings. The number of hydrogen-bond donors (Lipinski definition) is 1. The molecule has 0 bridgehead atoms. The number of rotatable bonds is 12. The molecule has 10 nitrogen and oxygen atoms in total. The van der Waals surface area contributed by atoms with E-state index in [0.29, 0.717) is 47.8 Å². The molecule has 12 heteroatoms. The van der Waals surface area contributed by atoms with Crippen molar-refractivity contribution >= 4 is 37.8 Å². The second-order valence-corrected chi connectivity index (χ2v) is 16.6. The third-order valence-corrected chi connectivity index (χ3v) is 11.9. The number of aryl methyl sites for hydroxylation is 1. The van der Waals surface area contributed by atoms with Gasteiger partial charge in [-0.05, 0) is 67.5 Å². The van der Waals surface area contributed by atoms with Gasteiger partial charge in [-0.15, -0.1) is 5.10 Å². The molecule has 4 atom stereocenters. The second kappa shape index (κ2) is 13.0. The molecule has 246 valence electrons. The Kier molecular flexibility index (Phi) is 9.01. The Morgan fingerprint density at radius 2 is 1.87 bits per heavy atom. The van der Waals surface area contributed by atoms with Crippen LogP contribution in [0.4, 0.5) is 21.2 Å². The molecule has 2 amide bonds. The van der Waals surface area contributed by atoms with Crippen LogP contribution in [-0.2, 0) is 39.4 Å². The van der Waals surface area contributed by atoms with Crippen molar-refractivity contribution in [2.75, 3.05) is 23.5 Å². The van der Waals surface area contributed by atoms with E-state index in [2.05, 4.69) is 10.3 Å². The fourth-order valence-corrected chi connectivity index (χ4v) is 9.91. The summed E-state index contributed by atoms with van der Waals surface area (Å²) in [4.78, 5) is 30.2. The minimum atomic E-state index is -3.36. The maximum atomic E-state index is 16.3. The summed E-state index contributed by atoms with van der Waals surface area (Å²) in [7, 11) is -1.78. The van der Waals surface area contributed by atoms with Crippen LogP contribution in [0.1, 0.15) is 30.2 Å². The number of ether oxygens (including phenoxy) is 2. The minimum Gasteiger partial charge on any atom is -0.497 e. The number of benzene rings is 3. The van der Waals surface area contributed by atoms with Gasteiger partial charge in [0.25, 0.3) is 5.91 Å². The van der Waals surface area contributed by atoms with E-state index >= 15 is 4.11 Å². The number of para-hydroxylation sites is 1. The van der Waals surface area contributed by atoms with Crippen LogP contribution >= 0.6 is 0 Å². The third-order valence-electron chi connectivity index (χ3n) is 9.43. The SMILES string of the molecule is COc1ccc2c(c1)[C@]1(O[C@@H](CCn3cc(CCO)nn3)[C@H]([Si](C)(C)F)[C@H]1C)C(=O)N2Cc1cccc(N(C=O)c2ccccc2)c1. The van der Waals surface area contributed by atoms with Gasteiger partial charge in [0.1, 0.15) is 5.75 Å². The number of nitrogens with zero attached hydrogens (tertiary/aromatic N) is 5. The zero-order valence-corrected chi connectivity index (χ0v) is 28.0. The highest BCUT2D eigenvalue weighted by atomic mass is 28.4. The molecule has 2 aliphatic heterocycles. The topological polar surface area (TPSA) is 110 Å². The first-order chi connectivity index (χ1) is 22.6. The first kappa shape index (κ1) is 32.5. The van der Waals surface area contributed by atoms with Gasteiger partial charge in [-0.2, -0.15) is 0 Å². The van der Waals surface area contributed by atoms with Crippen LogP contribution in [0, 0.1) is 5.92 Å². The van der Waals surface area contributed by atoms with E-state index in [0.717, 1.165) is 17.7 Å². The van der Waals surface area contributed by atoms with Crippen molar-refractivity contribution in [3.8, 4) is 5.75 Å². The molecule has 4 aromatic rings. The Balaban J connectivity index is 1.35. The number of anilines is 3. The summed E-state index contributed by atoms with van der Waals surface area (Å²) < 4.78 is 30.4. The fourth-order valence-electron chi connectivity index (χ4n) is 7.36. The lowest BCUT2D eigenvalue weighted by Gasteiger charge is -2.31. The lowest BCUT2D eigenvalue weighted by molar-refractivity contribution is -0.146. The van der Waals surface area contributed by atoms with E-state index in [4.69, 9.17) is 9.47 Å². The molecular formula is C35H40FN5O5Si. The Hall–Kier alpha value is -4.39. The van der Waals surface area contributed by atoms with Crippen LogP contribution < -0.4 is 14.5 Å². The molecule has 6 rings (SSSR count). The first-order valence-corrected chi connectivity index (χ1v) is 18.8. The molecule has 0 unspecified atom stereocenters. The molecule has 1 spiro atoms. The number of hydrogen-bond acceptors (Lipinski definition) is 7. The fraction of sp³-hybridized carbons (Fsp3) is 0.371. The monoisotopic (exact) mass is 657 g/mol. The van der Waals surface area contributed by atoms with Gasteiger partial charge >= 0.3 is 0 Å². The largest absolute Gasteiger partial charge is 0.497 e. The minimum absolute atomic E-state index is 0.0255. The standard InChI is InChI=1S/C35H40FN5O5Si/c1-24-33(47(3,4)36)32(15-17-39-22-26(16-18-42)37-38-39)46-35(24)30-20-29(45-2)13-14-31(30)40(34(35)44)21-25-9-8-12-28(19-25)41(23-43)27-10-6-5-7-11-27/h5-14,19-20,22-24,32-33,42H,15-18,21H2,1-4H3/t24-,32+,33-,35+/m1/s1. The molecule has 1 fully saturated rings. The Bertz CT molecular complexity index is 1750. The quantitative estimate of drug-likeness (QED) is 0.121. The van der Waals surface area contributed by atoms with Crippen LogP contribution in [0.2, 0.25) is 18.6 Å². The normalized spacial score (nSPS) is 22.1. The van der Waals surface area contributed by atoms with Gasteiger partial charge in [0.2, 0.25) is 14.8 Å². The van der Waals surface area contributed by atoms with Gasteiger partial charge in [-0.3, -0.25) is 19.2 Å². The van der Waals surface area contributed by atoms with E-state index in [1.807, 2.05) is 79.7 Å². The summed E-state index contributed by atoms with van der Waals surface area (Å²) >= 11 is 0. The van der Waals surface area contributed by atoms with Crippen LogP contribution in [0.5, 0.6) is 5.75 Å². The Morgan fingerprint density at radius 3 is 2.57 bits per heavy atom. The van der Waals surface area contributed by atoms with Crippen LogP contribution in [-0.4, -0.2) is 60.6 Å². The summed E-state index contributed by atoms with van der Waals surface area (Å²) in [6.07, 6.45) is 2.85. The first-order valence-electron chi connectivity index (χ1n) is 15.9. The van der Waals surface area contributed by atoms with Crippen molar-refractivity contribution in [1.82, 2.24) is 15.0 Å². The van der Waals surface area contributed by atoms with E-state index in [-0.39, 0.29) is 19.1 Å². The predicted molar refractivity (Wildman–Crippen MR) is 179 cm³/mol. The van der Waals surface area contributed by atoms with Gasteiger partial charge in [-0.25, -0.2) is 0 Å². The number of methoxy groups -OCH3 is 1. The highest BCUT2D eigenvalue weighted by molar-refractivity contribution is 6.72. The van der Waals surface area contributed by atoms with Crippen LogP contribution in [0.3, 0.4) is 0 Å². The lowest BCUT2D eigenvalue weighted by atomic mass is 9.82. The second-order valence-electron chi connectivity index (χ2n) is 12.8. The molecule has 3 heterocycles. The molecule has 47 heavy (non-hydrogen) atoms. The van der Waals surface area contributed by atoms with Gasteiger partial charge in [0.15, 0.2) is 5.60 Å². The van der Waals surface area contributed by atoms with E-state index in [1.165, 1.54) is 0 Å². The molecule has 0 aliphatic carbocycles. The summed E-state index contributed by atoms with van der Waals surface area (Å²) in [5, 5.41) is 17.5. The number of carbonyl (C=O) groups excluding carboxylic acids is 2. The summed E-state index contributed by atoms with van der Waals surface area (Å²) in [5.41, 5.74) is 2.37. The number of aromatic nitrogens is 3. The van der Waals surface area contributed by atoms with Crippen molar-refractivity contribution in [3.63, 3.8) is 0 Å². The number of aliphatic hydroxyl groups is 1. The average molecular weight is 658 g/mol. The molecular weight excluding hydrogens is 617 g/mol. The summed E-state index contributed by atoms with van der Waals surface area (Å²) in [5.74, 6) is -0.125. The third kappa shape index (κ3) is 5.96. The number of aliphatic hydroxyl groups excluding tert-OH is 1. The van der Waals surface area contributed by atoms with Crippen LogP contribution in [0.25, 0.3) is 0 Å². The Morgan fingerprint density at radius 1 is 1.11 bits per heavy atom. The zero-order valence-electron chi connectivity index (χ0n) is 27.0. The number of halogens is 1. The maximum absolute atomic E-state index is 16.3. The molecule has 1 aromatic heterocycles. The van der Waals surface area contributed by atoms with Crippen LogP contribution in [0.15, 0.2) is 79.0 Å². The van der Waals surface area contributed by atoms with E-state index in [1.54, 1.807) is 40.9 Å². The average Bonchev–Trinajstić information content (AvgIpc) is 3.71. The van der Waals surface area contributed by atoms with Crippen molar-refractivity contribution in [3.05, 3.63) is 95.8 Å². The smallest absolute Gasteiger partial charge is 0.264 e. The Labute approximate surface area is 274 Å². The van der Waals surface area contributed by atoms with Gasteiger partial charge in [0.05, 0.1) is 31.1 Å². The van der Waals surface area contributed by atoms with Gasteiger partial charge in [0, 0.05) is 54.2 Å². The maximum Gasteiger partial charge on any atom is 0.264 e. The molecule has 1 N–H and O–H groups in total. The molecule has 3 aromatic carbocycles. The van der Waals surface area contributed by atoms with Gasteiger partial charge in [-0.1, -0.05) is 42.5 Å². The number of carbonyl (C=O) groups is 2. The predicted octanol–water partition coefficient (Wildman–Crippen LogP) is 5.53. The molecule has 0 saturated carbocycles. The lowest BCUT2D eigenvalue weighted by Crippen LogP contribution is -2.45. The van der Waals surface area contributed by atoms with Crippen molar-refractivity contribution in [1.29, 1.82) is 0 Å². The molecule has 1 saturated heterocycles. The summed E-state index contributed by atoms with van der Waals surface area (Å²) in [6.45, 7) is 5.92. The van der Waals surface area contributed by atoms with Gasteiger partial charge < -0.3 is 23.6 Å². The van der Waals surface area contributed by atoms with E-state index < -0.39 is 31.6 Å². The number of amides is 2.